The number of hydrogen-bond acceptors (Lipinski definition) is 3. The van der Waals surface area contributed by atoms with Crippen LogP contribution in [0.2, 0.25) is 5.02 Å². The molecular weight excluding hydrogens is 350 g/mol. The third-order valence-corrected chi connectivity index (χ3v) is 4.51. The summed E-state index contributed by atoms with van der Waals surface area (Å²) >= 11 is 6.07. The van der Waals surface area contributed by atoms with Gasteiger partial charge in [-0.2, -0.15) is 0 Å². The van der Waals surface area contributed by atoms with E-state index in [1.807, 2.05) is 24.3 Å². The lowest BCUT2D eigenvalue weighted by Gasteiger charge is -2.34. The summed E-state index contributed by atoms with van der Waals surface area (Å²) in [6, 6.07) is 11.9. The molecule has 6 heteroatoms. The van der Waals surface area contributed by atoms with Gasteiger partial charge < -0.3 is 15.3 Å². The second kappa shape index (κ2) is 8.17. The first-order chi connectivity index (χ1) is 11.1. The Kier molecular flexibility index (Phi) is 6.47. The van der Waals surface area contributed by atoms with E-state index in [9.17, 15) is 9.50 Å². The first-order valence-corrected chi connectivity index (χ1v) is 8.11. The van der Waals surface area contributed by atoms with Crippen molar-refractivity contribution >= 4 is 29.7 Å². The minimum atomic E-state index is -0.650. The molecule has 0 spiro atoms. The molecule has 0 fully saturated rings. The molecule has 0 aliphatic carbocycles. The molecule has 2 aromatic rings. The average molecular weight is 371 g/mol. The Bertz CT molecular complexity index is 698. The Balaban J connectivity index is 0.00000208. The van der Waals surface area contributed by atoms with Gasteiger partial charge in [0.2, 0.25) is 0 Å². The monoisotopic (exact) mass is 370 g/mol. The van der Waals surface area contributed by atoms with Crippen LogP contribution in [0.25, 0.3) is 0 Å². The van der Waals surface area contributed by atoms with Crippen molar-refractivity contribution < 1.29 is 9.50 Å². The van der Waals surface area contributed by atoms with E-state index in [1.54, 1.807) is 13.1 Å². The van der Waals surface area contributed by atoms with Crippen LogP contribution < -0.4 is 10.2 Å². The Morgan fingerprint density at radius 1 is 1.29 bits per heavy atom. The van der Waals surface area contributed by atoms with Crippen molar-refractivity contribution in [3.05, 3.63) is 64.4 Å². The number of fused-ring (bicyclic) bond motifs is 1. The summed E-state index contributed by atoms with van der Waals surface area (Å²) in [5, 5.41) is 14.4. The molecular formula is C18H21Cl2FN2O. The summed E-state index contributed by atoms with van der Waals surface area (Å²) in [7, 11) is 1.80. The van der Waals surface area contributed by atoms with Gasteiger partial charge in [-0.25, -0.2) is 4.39 Å². The zero-order chi connectivity index (χ0) is 16.4. The van der Waals surface area contributed by atoms with Gasteiger partial charge in [0.1, 0.15) is 5.82 Å². The van der Waals surface area contributed by atoms with Crippen LogP contribution in [0.1, 0.15) is 17.2 Å². The van der Waals surface area contributed by atoms with Crippen LogP contribution in [-0.4, -0.2) is 31.3 Å². The second-order valence-electron chi connectivity index (χ2n) is 5.84. The molecule has 0 aromatic heterocycles. The van der Waals surface area contributed by atoms with E-state index in [0.29, 0.717) is 11.6 Å². The summed E-state index contributed by atoms with van der Waals surface area (Å²) < 4.78 is 13.7. The van der Waals surface area contributed by atoms with Gasteiger partial charge in [-0.3, -0.25) is 0 Å². The van der Waals surface area contributed by atoms with Gasteiger partial charge in [-0.15, -0.1) is 12.4 Å². The highest BCUT2D eigenvalue weighted by atomic mass is 35.5. The topological polar surface area (TPSA) is 35.5 Å². The average Bonchev–Trinajstić information content (AvgIpc) is 2.91. The summed E-state index contributed by atoms with van der Waals surface area (Å²) in [4.78, 5) is 2.14. The predicted molar refractivity (Wildman–Crippen MR) is 98.8 cm³/mol. The number of aliphatic hydroxyl groups excluding tert-OH is 1. The van der Waals surface area contributed by atoms with E-state index in [4.69, 9.17) is 11.6 Å². The number of nitrogens with zero attached hydrogens (tertiary/aromatic N) is 1. The molecule has 130 valence electrons. The maximum absolute atomic E-state index is 13.7. The van der Waals surface area contributed by atoms with E-state index >= 15 is 0 Å². The largest absolute Gasteiger partial charge is 0.389 e. The fourth-order valence-corrected chi connectivity index (χ4v) is 3.50. The maximum atomic E-state index is 13.7. The minimum absolute atomic E-state index is 0. The Morgan fingerprint density at radius 3 is 2.79 bits per heavy atom. The summed E-state index contributed by atoms with van der Waals surface area (Å²) in [6.07, 6.45) is 0.219. The van der Waals surface area contributed by atoms with Crippen LogP contribution >= 0.6 is 24.0 Å². The van der Waals surface area contributed by atoms with Crippen molar-refractivity contribution in [2.45, 2.75) is 18.6 Å². The third kappa shape index (κ3) is 3.83. The van der Waals surface area contributed by atoms with Crippen LogP contribution in [0.15, 0.2) is 42.5 Å². The molecule has 2 aromatic carbocycles. The lowest BCUT2D eigenvalue weighted by Crippen LogP contribution is -2.40. The first kappa shape index (κ1) is 19.0. The molecule has 1 aliphatic heterocycles. The SMILES string of the molecule is CNC[C@@H](O)[C@H](c1cccc(F)c1)N1CCc2cc(Cl)ccc21.Cl. The summed E-state index contributed by atoms with van der Waals surface area (Å²) in [6.45, 7) is 1.21. The van der Waals surface area contributed by atoms with E-state index in [1.165, 1.54) is 12.1 Å². The molecule has 0 amide bonds. The van der Waals surface area contributed by atoms with Gasteiger partial charge in [0, 0.05) is 23.8 Å². The van der Waals surface area contributed by atoms with Gasteiger partial charge in [0.05, 0.1) is 12.1 Å². The van der Waals surface area contributed by atoms with Gasteiger partial charge in [-0.1, -0.05) is 23.7 Å². The van der Waals surface area contributed by atoms with Gasteiger partial charge in [0.25, 0.3) is 0 Å². The molecule has 2 N–H and O–H groups in total. The van der Waals surface area contributed by atoms with Crippen LogP contribution in [-0.2, 0) is 6.42 Å². The molecule has 0 unspecified atom stereocenters. The van der Waals surface area contributed by atoms with E-state index in [-0.39, 0.29) is 24.3 Å². The fourth-order valence-electron chi connectivity index (χ4n) is 3.31. The van der Waals surface area contributed by atoms with Crippen LogP contribution in [0.3, 0.4) is 0 Å². The molecule has 1 heterocycles. The van der Waals surface area contributed by atoms with Crippen molar-refractivity contribution in [3.8, 4) is 0 Å². The van der Waals surface area contributed by atoms with Crippen LogP contribution in [0.4, 0.5) is 10.1 Å². The normalized spacial score (nSPS) is 15.6. The van der Waals surface area contributed by atoms with Crippen LogP contribution in [0.5, 0.6) is 0 Å². The molecule has 0 bridgehead atoms. The van der Waals surface area contributed by atoms with Crippen LogP contribution in [0, 0.1) is 5.82 Å². The standard InChI is InChI=1S/C18H20ClFN2O.ClH/c1-21-11-17(23)18(13-3-2-4-15(20)10-13)22-8-7-12-9-14(19)5-6-16(12)22;/h2-6,9-10,17-18,21,23H,7-8,11H2,1H3;1H/t17-,18+;/m1./s1. The second-order valence-corrected chi connectivity index (χ2v) is 6.28. The van der Waals surface area contributed by atoms with Crippen molar-refractivity contribution in [2.24, 2.45) is 0 Å². The highest BCUT2D eigenvalue weighted by molar-refractivity contribution is 6.30. The Hall–Kier alpha value is -1.33. The molecule has 0 saturated carbocycles. The summed E-state index contributed by atoms with van der Waals surface area (Å²) in [5.74, 6) is -0.292. The van der Waals surface area contributed by atoms with E-state index in [0.717, 1.165) is 29.8 Å². The lowest BCUT2D eigenvalue weighted by atomic mass is 9.99. The molecule has 3 rings (SSSR count). The van der Waals surface area contributed by atoms with E-state index < -0.39 is 6.10 Å². The molecule has 2 atom stereocenters. The molecule has 1 aliphatic rings. The number of halogens is 3. The predicted octanol–water partition coefficient (Wildman–Crippen LogP) is 3.59. The number of hydrogen-bond donors (Lipinski definition) is 2. The van der Waals surface area contributed by atoms with Crippen molar-refractivity contribution in [3.63, 3.8) is 0 Å². The number of aliphatic hydroxyl groups is 1. The number of benzene rings is 2. The van der Waals surface area contributed by atoms with Crippen molar-refractivity contribution in [2.75, 3.05) is 25.0 Å². The molecule has 0 radical (unpaired) electrons. The zero-order valence-corrected chi connectivity index (χ0v) is 14.9. The third-order valence-electron chi connectivity index (χ3n) is 4.28. The van der Waals surface area contributed by atoms with Gasteiger partial charge in [0.15, 0.2) is 0 Å². The Morgan fingerprint density at radius 2 is 2.08 bits per heavy atom. The number of rotatable bonds is 5. The number of anilines is 1. The van der Waals surface area contributed by atoms with E-state index in [2.05, 4.69) is 10.2 Å². The number of likely N-dealkylation sites (N-methyl/N-ethyl adjacent to an activating group) is 1. The highest BCUT2D eigenvalue weighted by Gasteiger charge is 2.32. The summed E-state index contributed by atoms with van der Waals surface area (Å²) in [5.41, 5.74) is 2.99. The molecule has 0 saturated heterocycles. The smallest absolute Gasteiger partial charge is 0.123 e. The Labute approximate surface area is 152 Å². The molecule has 3 nitrogen and oxygen atoms in total. The van der Waals surface area contributed by atoms with Gasteiger partial charge in [-0.05, 0) is 54.9 Å². The lowest BCUT2D eigenvalue weighted by molar-refractivity contribution is 0.141. The van der Waals surface area contributed by atoms with Crippen molar-refractivity contribution in [1.82, 2.24) is 5.32 Å². The zero-order valence-electron chi connectivity index (χ0n) is 13.4. The maximum Gasteiger partial charge on any atom is 0.123 e. The van der Waals surface area contributed by atoms with Crippen molar-refractivity contribution in [1.29, 1.82) is 0 Å². The molecule has 24 heavy (non-hydrogen) atoms. The quantitative estimate of drug-likeness (QED) is 0.843. The highest BCUT2D eigenvalue weighted by Crippen LogP contribution is 2.38. The fraction of sp³-hybridized carbons (Fsp3) is 0.333. The first-order valence-electron chi connectivity index (χ1n) is 7.73. The number of nitrogens with one attached hydrogen (secondary N) is 1. The minimum Gasteiger partial charge on any atom is -0.389 e. The van der Waals surface area contributed by atoms with Gasteiger partial charge >= 0.3 is 0 Å².